The molecule has 6 N–H and O–H groups in total. The van der Waals surface area contributed by atoms with E-state index in [1.165, 1.54) is 0 Å². The predicted octanol–water partition coefficient (Wildman–Crippen LogP) is -0.422. The molecule has 40 heavy (non-hydrogen) atoms. The van der Waals surface area contributed by atoms with Crippen molar-refractivity contribution in [1.82, 2.24) is 0 Å². The van der Waals surface area contributed by atoms with Gasteiger partial charge in [0.2, 0.25) is 0 Å². The number of carbonyl (C=O) groups excluding carboxylic acids is 2. The number of rotatable bonds is 5. The summed E-state index contributed by atoms with van der Waals surface area (Å²) in [5, 5.41) is 63.8. The Labute approximate surface area is 233 Å². The molecule has 0 aromatic carbocycles. The molecule has 11 heteroatoms. The molecule has 0 aromatic heterocycles. The highest BCUT2D eigenvalue weighted by Gasteiger charge is 2.69. The van der Waals surface area contributed by atoms with E-state index >= 15 is 0 Å². The number of aliphatic hydroxyl groups is 6. The zero-order chi connectivity index (χ0) is 28.6. The molecule has 2 heterocycles. The first-order chi connectivity index (χ1) is 19.0. The van der Waals surface area contributed by atoms with E-state index in [1.54, 1.807) is 6.08 Å². The first-order valence-corrected chi connectivity index (χ1v) is 14.7. The summed E-state index contributed by atoms with van der Waals surface area (Å²) < 4.78 is 16.6. The van der Waals surface area contributed by atoms with Crippen LogP contribution < -0.4 is 0 Å². The Hall–Kier alpha value is -1.44. The maximum Gasteiger partial charge on any atom is 0.331 e. The van der Waals surface area contributed by atoms with Gasteiger partial charge in [0.15, 0.2) is 6.29 Å². The van der Waals surface area contributed by atoms with E-state index in [9.17, 15) is 40.2 Å². The Morgan fingerprint density at radius 1 is 1.05 bits per heavy atom. The number of fused-ring (bicyclic) bond motifs is 5. The van der Waals surface area contributed by atoms with Crippen molar-refractivity contribution in [3.63, 3.8) is 0 Å². The standard InChI is InChI=1S/C29H42O11/c1-27-6-4-17-18(29(27,37)7-5-16(27)14-8-22(33)38-12-14)3-2-15-9-20(19(32)10-28(15,17)13-31)39-26-25(36)24(35)23(34)21(11-30)40-26/h8,13,15-21,23-26,30,32,34-37H,2-7,9-12H2,1H3/t15-,16+,17-,18+,19+,20+,21+,23+,24-,25+,26+,27+,28+,29-/m0/s1. The maximum absolute atomic E-state index is 13.0. The van der Waals surface area contributed by atoms with Crippen LogP contribution in [0.1, 0.15) is 58.3 Å². The second kappa shape index (κ2) is 10.1. The molecule has 14 atom stereocenters. The van der Waals surface area contributed by atoms with Gasteiger partial charge >= 0.3 is 5.97 Å². The lowest BCUT2D eigenvalue weighted by atomic mass is 9.43. The van der Waals surface area contributed by atoms with E-state index in [0.717, 1.165) is 31.1 Å². The topological polar surface area (TPSA) is 183 Å². The lowest BCUT2D eigenvalue weighted by Gasteiger charge is -2.63. The molecule has 5 fully saturated rings. The molecule has 2 aliphatic heterocycles. The minimum Gasteiger partial charge on any atom is -0.458 e. The molecule has 1 saturated heterocycles. The fraction of sp³-hybridized carbons (Fsp3) is 0.862. The molecule has 0 amide bonds. The van der Waals surface area contributed by atoms with Gasteiger partial charge in [-0.2, -0.15) is 0 Å². The van der Waals surface area contributed by atoms with E-state index in [1.807, 2.05) is 0 Å². The van der Waals surface area contributed by atoms with Crippen molar-refractivity contribution in [2.24, 2.45) is 34.5 Å². The summed E-state index contributed by atoms with van der Waals surface area (Å²) in [4.78, 5) is 24.8. The molecule has 0 bridgehead atoms. The Bertz CT molecular complexity index is 1050. The number of ether oxygens (including phenoxy) is 3. The molecule has 4 saturated carbocycles. The van der Waals surface area contributed by atoms with Crippen LogP contribution in [0.3, 0.4) is 0 Å². The molecular weight excluding hydrogens is 524 g/mol. The average Bonchev–Trinajstić information content (AvgIpc) is 3.48. The second-order valence-corrected chi connectivity index (χ2v) is 13.4. The number of aldehydes is 1. The summed E-state index contributed by atoms with van der Waals surface area (Å²) in [6.07, 6.45) is -1.78. The normalized spacial score (nSPS) is 54.1. The first-order valence-electron chi connectivity index (χ1n) is 14.7. The lowest BCUT2D eigenvalue weighted by molar-refractivity contribution is -0.324. The molecular formula is C29H42O11. The fourth-order valence-electron chi connectivity index (χ4n) is 9.80. The van der Waals surface area contributed by atoms with Crippen LogP contribution >= 0.6 is 0 Å². The summed E-state index contributed by atoms with van der Waals surface area (Å²) in [5.41, 5.74) is -1.32. The summed E-state index contributed by atoms with van der Waals surface area (Å²) in [6.45, 7) is 1.80. The Kier molecular flexibility index (Phi) is 7.23. The number of cyclic esters (lactones) is 1. The Morgan fingerprint density at radius 2 is 1.82 bits per heavy atom. The van der Waals surface area contributed by atoms with Gasteiger partial charge in [0.25, 0.3) is 0 Å². The van der Waals surface area contributed by atoms with Crippen LogP contribution in [0.5, 0.6) is 0 Å². The van der Waals surface area contributed by atoms with Crippen LogP contribution in [-0.4, -0.2) is 105 Å². The van der Waals surface area contributed by atoms with Crippen LogP contribution in [0.2, 0.25) is 0 Å². The van der Waals surface area contributed by atoms with Gasteiger partial charge in [-0.1, -0.05) is 6.92 Å². The van der Waals surface area contributed by atoms with E-state index in [0.29, 0.717) is 25.7 Å². The highest BCUT2D eigenvalue weighted by atomic mass is 16.7. The van der Waals surface area contributed by atoms with Gasteiger partial charge in [-0.15, -0.1) is 0 Å². The Balaban J connectivity index is 1.21. The largest absolute Gasteiger partial charge is 0.458 e. The Morgan fingerprint density at radius 3 is 2.50 bits per heavy atom. The molecule has 224 valence electrons. The van der Waals surface area contributed by atoms with Gasteiger partial charge in [-0.25, -0.2) is 4.79 Å². The van der Waals surface area contributed by atoms with Crippen molar-refractivity contribution in [2.45, 2.75) is 107 Å². The third kappa shape index (κ3) is 4.00. The number of esters is 1. The quantitative estimate of drug-likeness (QED) is 0.144. The number of hydrogen-bond donors (Lipinski definition) is 6. The third-order valence-corrected chi connectivity index (χ3v) is 11.9. The highest BCUT2D eigenvalue weighted by molar-refractivity contribution is 5.85. The van der Waals surface area contributed by atoms with Gasteiger partial charge in [-0.05, 0) is 80.6 Å². The van der Waals surface area contributed by atoms with E-state index in [-0.39, 0.29) is 42.7 Å². The van der Waals surface area contributed by atoms with Crippen molar-refractivity contribution in [1.29, 1.82) is 0 Å². The predicted molar refractivity (Wildman–Crippen MR) is 136 cm³/mol. The van der Waals surface area contributed by atoms with Crippen LogP contribution in [0.4, 0.5) is 0 Å². The smallest absolute Gasteiger partial charge is 0.331 e. The average molecular weight is 567 g/mol. The van der Waals surface area contributed by atoms with E-state index < -0.39 is 66.0 Å². The molecule has 0 aromatic rings. The van der Waals surface area contributed by atoms with Crippen LogP contribution in [0.15, 0.2) is 11.6 Å². The monoisotopic (exact) mass is 566 g/mol. The number of aliphatic hydroxyl groups excluding tert-OH is 5. The van der Waals surface area contributed by atoms with Gasteiger partial charge < -0.3 is 49.6 Å². The maximum atomic E-state index is 13.0. The van der Waals surface area contributed by atoms with Crippen LogP contribution in [0, 0.1) is 34.5 Å². The summed E-state index contributed by atoms with van der Waals surface area (Å²) in [5.74, 6) is -0.633. The highest BCUT2D eigenvalue weighted by Crippen LogP contribution is 2.69. The van der Waals surface area contributed by atoms with Crippen molar-refractivity contribution in [3.8, 4) is 0 Å². The summed E-state index contributed by atoms with van der Waals surface area (Å²) >= 11 is 0. The van der Waals surface area contributed by atoms with Crippen molar-refractivity contribution in [2.75, 3.05) is 13.2 Å². The minimum absolute atomic E-state index is 0.0445. The molecule has 0 unspecified atom stereocenters. The zero-order valence-electron chi connectivity index (χ0n) is 22.8. The summed E-state index contributed by atoms with van der Waals surface area (Å²) in [7, 11) is 0. The molecule has 4 aliphatic carbocycles. The molecule has 6 rings (SSSR count). The van der Waals surface area contributed by atoms with Gasteiger partial charge in [0, 0.05) is 16.9 Å². The first kappa shape index (κ1) is 28.7. The van der Waals surface area contributed by atoms with Gasteiger partial charge in [-0.3, -0.25) is 0 Å². The summed E-state index contributed by atoms with van der Waals surface area (Å²) in [6, 6.07) is 0. The minimum atomic E-state index is -1.58. The fourth-order valence-corrected chi connectivity index (χ4v) is 9.80. The van der Waals surface area contributed by atoms with E-state index in [4.69, 9.17) is 14.2 Å². The van der Waals surface area contributed by atoms with Crippen molar-refractivity contribution >= 4 is 12.3 Å². The molecule has 11 nitrogen and oxygen atoms in total. The van der Waals surface area contributed by atoms with E-state index in [2.05, 4.69) is 6.92 Å². The van der Waals surface area contributed by atoms with Crippen molar-refractivity contribution in [3.05, 3.63) is 11.6 Å². The van der Waals surface area contributed by atoms with Crippen molar-refractivity contribution < 1.29 is 54.4 Å². The molecule has 0 spiro atoms. The van der Waals surface area contributed by atoms with Gasteiger partial charge in [0.1, 0.15) is 37.3 Å². The lowest BCUT2D eigenvalue weighted by Crippen LogP contribution is -2.65. The SMILES string of the molecule is C[C@]12CC[C@H]3[C@@H](CC[C@H]4C[C@@H](O[C@@H]5O[C@H](CO)[C@@H](O)[C@H](O)[C@H]5O)[C@H](O)C[C@@]43C=O)[C@@]1(O)CC[C@@H]2C1=CC(=O)OC1. The van der Waals surface area contributed by atoms with Gasteiger partial charge in [0.05, 0.1) is 24.4 Å². The number of hydrogen-bond acceptors (Lipinski definition) is 11. The number of carbonyl (C=O) groups is 2. The van der Waals surface area contributed by atoms with Crippen LogP contribution in [-0.2, 0) is 23.8 Å². The molecule has 6 aliphatic rings. The zero-order valence-corrected chi connectivity index (χ0v) is 22.8. The second-order valence-electron chi connectivity index (χ2n) is 13.4. The van der Waals surface area contributed by atoms with Crippen LogP contribution in [0.25, 0.3) is 0 Å². The third-order valence-electron chi connectivity index (χ3n) is 11.9. The molecule has 0 radical (unpaired) electrons.